The molecule has 0 radical (unpaired) electrons. The number of nitrogens with one attached hydrogen (secondary N) is 2. The molecule has 166 valence electrons. The number of benzene rings is 2. The summed E-state index contributed by atoms with van der Waals surface area (Å²) in [5.41, 5.74) is 2.43. The summed E-state index contributed by atoms with van der Waals surface area (Å²) in [6.45, 7) is 2.13. The predicted octanol–water partition coefficient (Wildman–Crippen LogP) is 5.70. The van der Waals surface area contributed by atoms with Crippen LogP contribution in [0.4, 0.5) is 0 Å². The second kappa shape index (κ2) is 10.2. The summed E-state index contributed by atoms with van der Waals surface area (Å²) in [5, 5.41) is 5.45. The number of furan rings is 2. The molecular formula is C26H21BrN2O4. The lowest BCUT2D eigenvalue weighted by atomic mass is 10.1. The first-order valence-corrected chi connectivity index (χ1v) is 11.0. The van der Waals surface area contributed by atoms with Crippen molar-refractivity contribution in [1.82, 2.24) is 10.6 Å². The van der Waals surface area contributed by atoms with Crippen molar-refractivity contribution in [3.8, 4) is 11.3 Å². The van der Waals surface area contributed by atoms with Gasteiger partial charge in [-0.15, -0.1) is 0 Å². The van der Waals surface area contributed by atoms with Gasteiger partial charge in [0.1, 0.15) is 23.0 Å². The molecule has 2 N–H and O–H groups in total. The van der Waals surface area contributed by atoms with E-state index in [0.29, 0.717) is 22.8 Å². The van der Waals surface area contributed by atoms with Gasteiger partial charge in [0.15, 0.2) is 0 Å². The van der Waals surface area contributed by atoms with Crippen molar-refractivity contribution in [2.75, 3.05) is 0 Å². The molecule has 0 spiro atoms. The summed E-state index contributed by atoms with van der Waals surface area (Å²) >= 11 is 3.42. The van der Waals surface area contributed by atoms with Gasteiger partial charge in [0, 0.05) is 21.7 Å². The first kappa shape index (κ1) is 22.4. The minimum atomic E-state index is -0.464. The molecule has 4 rings (SSSR count). The van der Waals surface area contributed by atoms with Crippen molar-refractivity contribution in [2.24, 2.45) is 0 Å². The van der Waals surface area contributed by atoms with Crippen LogP contribution < -0.4 is 10.6 Å². The average Bonchev–Trinajstić information content (AvgIpc) is 3.50. The Morgan fingerprint density at radius 1 is 0.970 bits per heavy atom. The van der Waals surface area contributed by atoms with Gasteiger partial charge < -0.3 is 19.5 Å². The van der Waals surface area contributed by atoms with Gasteiger partial charge in [-0.25, -0.2) is 0 Å². The zero-order chi connectivity index (χ0) is 23.2. The van der Waals surface area contributed by atoms with Crippen LogP contribution in [0.15, 0.2) is 98.1 Å². The zero-order valence-electron chi connectivity index (χ0n) is 17.8. The molecule has 0 fully saturated rings. The van der Waals surface area contributed by atoms with Crippen LogP contribution in [0, 0.1) is 6.92 Å². The standard InChI is InChI=1S/C26H21BrN2O4/c1-17-4-6-19(7-5-17)25(30)29-23(26(31)28-16-22-3-2-14-32-22)15-21-12-13-24(33-21)18-8-10-20(27)11-9-18/h2-15H,16H2,1H3,(H,28,31)(H,29,30)/b23-15+. The van der Waals surface area contributed by atoms with E-state index in [4.69, 9.17) is 8.83 Å². The third-order valence-corrected chi connectivity index (χ3v) is 5.38. The van der Waals surface area contributed by atoms with Gasteiger partial charge in [-0.3, -0.25) is 9.59 Å². The minimum Gasteiger partial charge on any atom is -0.467 e. The van der Waals surface area contributed by atoms with Crippen molar-refractivity contribution < 1.29 is 18.4 Å². The number of rotatable bonds is 7. The van der Waals surface area contributed by atoms with E-state index in [9.17, 15) is 9.59 Å². The van der Waals surface area contributed by atoms with E-state index < -0.39 is 11.8 Å². The van der Waals surface area contributed by atoms with Crippen LogP contribution >= 0.6 is 15.9 Å². The lowest BCUT2D eigenvalue weighted by molar-refractivity contribution is -0.118. The molecule has 0 aliphatic heterocycles. The lowest BCUT2D eigenvalue weighted by Gasteiger charge is -2.10. The molecule has 6 nitrogen and oxygen atoms in total. The molecule has 0 saturated heterocycles. The van der Waals surface area contributed by atoms with Crippen LogP contribution in [-0.4, -0.2) is 11.8 Å². The normalized spacial score (nSPS) is 11.3. The van der Waals surface area contributed by atoms with Crippen molar-refractivity contribution in [3.63, 3.8) is 0 Å². The number of hydrogen-bond donors (Lipinski definition) is 2. The smallest absolute Gasteiger partial charge is 0.268 e. The first-order valence-electron chi connectivity index (χ1n) is 10.2. The van der Waals surface area contributed by atoms with Crippen molar-refractivity contribution in [2.45, 2.75) is 13.5 Å². The van der Waals surface area contributed by atoms with E-state index in [1.807, 2.05) is 49.4 Å². The Morgan fingerprint density at radius 3 is 2.42 bits per heavy atom. The summed E-state index contributed by atoms with van der Waals surface area (Å²) in [5.74, 6) is 0.819. The van der Waals surface area contributed by atoms with E-state index in [2.05, 4.69) is 26.6 Å². The average molecular weight is 505 g/mol. The maximum Gasteiger partial charge on any atom is 0.268 e. The highest BCUT2D eigenvalue weighted by atomic mass is 79.9. The number of hydrogen-bond acceptors (Lipinski definition) is 4. The zero-order valence-corrected chi connectivity index (χ0v) is 19.4. The van der Waals surface area contributed by atoms with E-state index in [-0.39, 0.29) is 12.2 Å². The summed E-state index contributed by atoms with van der Waals surface area (Å²) in [7, 11) is 0. The van der Waals surface area contributed by atoms with Crippen LogP contribution in [0.2, 0.25) is 0 Å². The highest BCUT2D eigenvalue weighted by molar-refractivity contribution is 9.10. The largest absolute Gasteiger partial charge is 0.467 e. The molecule has 0 aliphatic carbocycles. The maximum atomic E-state index is 12.9. The summed E-state index contributed by atoms with van der Waals surface area (Å²) < 4.78 is 12.1. The van der Waals surface area contributed by atoms with Gasteiger partial charge in [-0.2, -0.15) is 0 Å². The van der Waals surface area contributed by atoms with Crippen LogP contribution in [-0.2, 0) is 11.3 Å². The van der Waals surface area contributed by atoms with E-state index in [0.717, 1.165) is 15.6 Å². The van der Waals surface area contributed by atoms with Crippen LogP contribution in [0.25, 0.3) is 17.4 Å². The molecular weight excluding hydrogens is 484 g/mol. The summed E-state index contributed by atoms with van der Waals surface area (Å²) in [4.78, 5) is 25.7. The number of halogens is 1. The Hall–Kier alpha value is -3.84. The Balaban J connectivity index is 1.57. The van der Waals surface area contributed by atoms with Gasteiger partial charge in [0.2, 0.25) is 0 Å². The van der Waals surface area contributed by atoms with Gasteiger partial charge in [0.05, 0.1) is 12.8 Å². The third kappa shape index (κ3) is 5.90. The van der Waals surface area contributed by atoms with Gasteiger partial charge in [-0.1, -0.05) is 45.8 Å². The molecule has 2 heterocycles. The van der Waals surface area contributed by atoms with Crippen LogP contribution in [0.5, 0.6) is 0 Å². The van der Waals surface area contributed by atoms with Gasteiger partial charge in [-0.05, 0) is 55.5 Å². The third-order valence-electron chi connectivity index (χ3n) is 4.85. The Kier molecular flexibility index (Phi) is 6.90. The second-order valence-electron chi connectivity index (χ2n) is 7.35. The Labute approximate surface area is 199 Å². The van der Waals surface area contributed by atoms with Gasteiger partial charge in [0.25, 0.3) is 11.8 Å². The molecule has 0 saturated carbocycles. The Morgan fingerprint density at radius 2 is 1.73 bits per heavy atom. The molecule has 0 bridgehead atoms. The highest BCUT2D eigenvalue weighted by Gasteiger charge is 2.16. The number of carbonyl (C=O) groups excluding carboxylic acids is 2. The van der Waals surface area contributed by atoms with E-state index >= 15 is 0 Å². The predicted molar refractivity (Wildman–Crippen MR) is 129 cm³/mol. The summed E-state index contributed by atoms with van der Waals surface area (Å²) in [6, 6.07) is 21.8. The van der Waals surface area contributed by atoms with E-state index in [1.165, 1.54) is 12.3 Å². The van der Waals surface area contributed by atoms with Gasteiger partial charge >= 0.3 is 0 Å². The quantitative estimate of drug-likeness (QED) is 0.316. The fraction of sp³-hybridized carbons (Fsp3) is 0.0769. The number of amides is 2. The monoisotopic (exact) mass is 504 g/mol. The van der Waals surface area contributed by atoms with Crippen LogP contribution in [0.3, 0.4) is 0 Å². The summed E-state index contributed by atoms with van der Waals surface area (Å²) in [6.07, 6.45) is 3.04. The van der Waals surface area contributed by atoms with Crippen molar-refractivity contribution >= 4 is 33.8 Å². The topological polar surface area (TPSA) is 84.5 Å². The molecule has 33 heavy (non-hydrogen) atoms. The van der Waals surface area contributed by atoms with Crippen molar-refractivity contribution in [1.29, 1.82) is 0 Å². The second-order valence-corrected chi connectivity index (χ2v) is 8.26. The molecule has 0 unspecified atom stereocenters. The SMILES string of the molecule is Cc1ccc(C(=O)N/C(=C/c2ccc(-c3ccc(Br)cc3)o2)C(=O)NCc2ccco2)cc1. The van der Waals surface area contributed by atoms with Crippen molar-refractivity contribution in [3.05, 3.63) is 112 Å². The minimum absolute atomic E-state index is 0.0591. The molecule has 0 atom stereocenters. The lowest BCUT2D eigenvalue weighted by Crippen LogP contribution is -2.34. The fourth-order valence-electron chi connectivity index (χ4n) is 3.08. The molecule has 2 aromatic heterocycles. The highest BCUT2D eigenvalue weighted by Crippen LogP contribution is 2.25. The maximum absolute atomic E-state index is 12.9. The Bertz CT molecular complexity index is 1270. The van der Waals surface area contributed by atoms with E-state index in [1.54, 1.807) is 30.3 Å². The fourth-order valence-corrected chi connectivity index (χ4v) is 3.34. The van der Waals surface area contributed by atoms with Crippen LogP contribution in [0.1, 0.15) is 27.4 Å². The molecule has 0 aliphatic rings. The molecule has 7 heteroatoms. The number of aryl methyl sites for hydroxylation is 1. The number of carbonyl (C=O) groups is 2. The first-order chi connectivity index (χ1) is 16.0. The molecule has 2 aromatic carbocycles. The molecule has 4 aromatic rings. The molecule has 2 amide bonds.